The van der Waals surface area contributed by atoms with Crippen molar-refractivity contribution in [1.82, 2.24) is 15.5 Å². The van der Waals surface area contributed by atoms with Gasteiger partial charge in [-0.25, -0.2) is 0 Å². The van der Waals surface area contributed by atoms with Gasteiger partial charge in [0.1, 0.15) is 6.61 Å². The number of hydrogen-bond donors (Lipinski definition) is 2. The summed E-state index contributed by atoms with van der Waals surface area (Å²) in [5, 5.41) is 6.57. The summed E-state index contributed by atoms with van der Waals surface area (Å²) < 4.78 is 40.7. The minimum atomic E-state index is -4.27. The molecule has 28 heavy (non-hydrogen) atoms. The lowest BCUT2D eigenvalue weighted by Gasteiger charge is -2.38. The number of aliphatic imine (C=N–C) groups is 1. The van der Waals surface area contributed by atoms with E-state index in [1.54, 1.807) is 7.05 Å². The molecule has 1 aromatic carbocycles. The van der Waals surface area contributed by atoms with Gasteiger partial charge in [-0.05, 0) is 31.7 Å². The first-order valence-corrected chi connectivity index (χ1v) is 9.77. The molecular weight excluding hydrogens is 369 g/mol. The quantitative estimate of drug-likeness (QED) is 0.400. The molecule has 0 spiro atoms. The van der Waals surface area contributed by atoms with E-state index in [1.165, 1.54) is 5.56 Å². The molecule has 0 aliphatic carbocycles. The zero-order chi connectivity index (χ0) is 20.4. The molecule has 5 nitrogen and oxygen atoms in total. The first kappa shape index (κ1) is 22.5. The molecule has 2 N–H and O–H groups in total. The predicted molar refractivity (Wildman–Crippen MR) is 105 cm³/mol. The molecular formula is C20H31F3N4O. The zero-order valence-electron chi connectivity index (χ0n) is 16.6. The van der Waals surface area contributed by atoms with Gasteiger partial charge in [0.15, 0.2) is 5.96 Å². The number of nitrogens with one attached hydrogen (secondary N) is 2. The molecule has 0 radical (unpaired) electrons. The number of guanidine groups is 1. The van der Waals surface area contributed by atoms with Crippen molar-refractivity contribution in [1.29, 1.82) is 0 Å². The zero-order valence-corrected chi connectivity index (χ0v) is 16.6. The minimum absolute atomic E-state index is 0.0679. The van der Waals surface area contributed by atoms with Gasteiger partial charge in [0.25, 0.3) is 0 Å². The molecule has 0 saturated carbocycles. The maximum Gasteiger partial charge on any atom is 0.411 e. The number of rotatable bonds is 8. The number of ether oxygens (including phenoxy) is 1. The van der Waals surface area contributed by atoms with Crippen molar-refractivity contribution in [2.24, 2.45) is 4.99 Å². The van der Waals surface area contributed by atoms with Crippen molar-refractivity contribution in [3.63, 3.8) is 0 Å². The van der Waals surface area contributed by atoms with Crippen LogP contribution in [0.1, 0.15) is 31.7 Å². The van der Waals surface area contributed by atoms with Crippen LogP contribution in [0.2, 0.25) is 0 Å². The van der Waals surface area contributed by atoms with Crippen LogP contribution in [0.5, 0.6) is 0 Å². The van der Waals surface area contributed by atoms with Gasteiger partial charge in [0.05, 0.1) is 0 Å². The summed E-state index contributed by atoms with van der Waals surface area (Å²) in [4.78, 5) is 6.70. The molecule has 158 valence electrons. The highest BCUT2D eigenvalue weighted by Crippen LogP contribution is 2.20. The first-order valence-electron chi connectivity index (χ1n) is 9.77. The Morgan fingerprint density at radius 1 is 1.29 bits per heavy atom. The lowest BCUT2D eigenvalue weighted by Crippen LogP contribution is -2.51. The van der Waals surface area contributed by atoms with Crippen LogP contribution in [-0.2, 0) is 11.3 Å². The number of benzene rings is 1. The van der Waals surface area contributed by atoms with Crippen molar-refractivity contribution >= 4 is 5.96 Å². The molecule has 1 heterocycles. The first-order chi connectivity index (χ1) is 13.4. The Kier molecular flexibility index (Phi) is 9.05. The van der Waals surface area contributed by atoms with Gasteiger partial charge in [0.2, 0.25) is 0 Å². The second kappa shape index (κ2) is 11.3. The summed E-state index contributed by atoms with van der Waals surface area (Å²) in [6.45, 7) is 3.60. The Labute approximate surface area is 165 Å². The van der Waals surface area contributed by atoms with Crippen molar-refractivity contribution < 1.29 is 17.9 Å². The summed E-state index contributed by atoms with van der Waals surface area (Å²) >= 11 is 0. The summed E-state index contributed by atoms with van der Waals surface area (Å²) in [6.07, 6.45) is -1.74. The Bertz CT molecular complexity index is 595. The fraction of sp³-hybridized carbons (Fsp3) is 0.650. The van der Waals surface area contributed by atoms with Crippen molar-refractivity contribution in [3.8, 4) is 0 Å². The van der Waals surface area contributed by atoms with Gasteiger partial charge in [-0.15, -0.1) is 0 Å². The maximum atomic E-state index is 12.0. The maximum absolute atomic E-state index is 12.0. The van der Waals surface area contributed by atoms with Crippen molar-refractivity contribution in [2.45, 2.75) is 51.0 Å². The minimum Gasteiger partial charge on any atom is -0.372 e. The van der Waals surface area contributed by atoms with Gasteiger partial charge < -0.3 is 15.4 Å². The normalized spacial score (nSPS) is 21.5. The molecule has 0 bridgehead atoms. The number of alkyl halides is 3. The average Bonchev–Trinajstić information content (AvgIpc) is 2.65. The van der Waals surface area contributed by atoms with E-state index >= 15 is 0 Å². The summed E-state index contributed by atoms with van der Waals surface area (Å²) in [5.41, 5.74) is 1.32. The third kappa shape index (κ3) is 8.48. The standard InChI is InChI=1S/C20H31F3N4O/c1-16-13-18(9-11-27(16)14-17-7-4-3-5-8-17)26-19(24-2)25-10-6-12-28-15-20(21,22)23/h3-5,7-8,16,18H,6,9-15H2,1-2H3,(H2,24,25,26). The Morgan fingerprint density at radius 2 is 2.04 bits per heavy atom. The van der Waals surface area contributed by atoms with Crippen molar-refractivity contribution in [2.75, 3.05) is 33.4 Å². The Morgan fingerprint density at radius 3 is 2.68 bits per heavy atom. The Hall–Kier alpha value is -1.80. The smallest absolute Gasteiger partial charge is 0.372 e. The molecule has 2 atom stereocenters. The van der Waals surface area contributed by atoms with Crippen LogP contribution < -0.4 is 10.6 Å². The van der Waals surface area contributed by atoms with E-state index < -0.39 is 12.8 Å². The van der Waals surface area contributed by atoms with E-state index in [0.29, 0.717) is 31.0 Å². The molecule has 8 heteroatoms. The van der Waals surface area contributed by atoms with Gasteiger partial charge >= 0.3 is 6.18 Å². The van der Waals surface area contributed by atoms with E-state index in [4.69, 9.17) is 0 Å². The van der Waals surface area contributed by atoms with Crippen LogP contribution >= 0.6 is 0 Å². The number of nitrogens with zero attached hydrogens (tertiary/aromatic N) is 2. The molecule has 1 aromatic rings. The topological polar surface area (TPSA) is 48.9 Å². The van der Waals surface area contributed by atoms with Gasteiger partial charge in [-0.3, -0.25) is 9.89 Å². The highest BCUT2D eigenvalue weighted by atomic mass is 19.4. The molecule has 2 unspecified atom stereocenters. The number of likely N-dealkylation sites (tertiary alicyclic amines) is 1. The van der Waals surface area contributed by atoms with E-state index in [1.807, 2.05) is 6.07 Å². The van der Waals surface area contributed by atoms with Crippen LogP contribution in [-0.4, -0.2) is 62.5 Å². The summed E-state index contributed by atoms with van der Waals surface area (Å²) in [6, 6.07) is 11.3. The summed E-state index contributed by atoms with van der Waals surface area (Å²) in [5.74, 6) is 0.685. The molecule has 0 amide bonds. The molecule has 1 fully saturated rings. The van der Waals surface area contributed by atoms with Gasteiger partial charge in [-0.1, -0.05) is 30.3 Å². The van der Waals surface area contributed by atoms with Crippen LogP contribution in [0, 0.1) is 0 Å². The molecule has 1 aliphatic heterocycles. The lowest BCUT2D eigenvalue weighted by atomic mass is 9.97. The Balaban J connectivity index is 1.65. The fourth-order valence-electron chi connectivity index (χ4n) is 3.36. The van der Waals surface area contributed by atoms with Gasteiger partial charge in [-0.2, -0.15) is 13.2 Å². The number of halogens is 3. The predicted octanol–water partition coefficient (Wildman–Crippen LogP) is 3.17. The highest BCUT2D eigenvalue weighted by Gasteiger charge is 2.27. The van der Waals surface area contributed by atoms with E-state index in [2.05, 4.69) is 56.5 Å². The molecule has 1 aliphatic rings. The average molecular weight is 400 g/mol. The highest BCUT2D eigenvalue weighted by molar-refractivity contribution is 5.79. The van der Waals surface area contributed by atoms with Crippen LogP contribution in [0.15, 0.2) is 35.3 Å². The second-order valence-corrected chi connectivity index (χ2v) is 7.19. The van der Waals surface area contributed by atoms with Crippen molar-refractivity contribution in [3.05, 3.63) is 35.9 Å². The largest absolute Gasteiger partial charge is 0.411 e. The monoisotopic (exact) mass is 400 g/mol. The van der Waals surface area contributed by atoms with Gasteiger partial charge in [0, 0.05) is 45.4 Å². The fourth-order valence-corrected chi connectivity index (χ4v) is 3.36. The van der Waals surface area contributed by atoms with Crippen LogP contribution in [0.3, 0.4) is 0 Å². The SMILES string of the molecule is CN=C(NCCCOCC(F)(F)F)NC1CCN(Cc2ccccc2)C(C)C1. The number of piperidine rings is 1. The van der Waals surface area contributed by atoms with E-state index in [0.717, 1.165) is 25.9 Å². The number of hydrogen-bond acceptors (Lipinski definition) is 3. The third-order valence-corrected chi connectivity index (χ3v) is 4.83. The second-order valence-electron chi connectivity index (χ2n) is 7.19. The molecule has 1 saturated heterocycles. The summed E-state index contributed by atoms with van der Waals surface area (Å²) in [7, 11) is 1.70. The van der Waals surface area contributed by atoms with E-state index in [-0.39, 0.29) is 6.61 Å². The van der Waals surface area contributed by atoms with Crippen LogP contribution in [0.4, 0.5) is 13.2 Å². The molecule has 2 rings (SSSR count). The van der Waals surface area contributed by atoms with E-state index in [9.17, 15) is 13.2 Å². The third-order valence-electron chi connectivity index (χ3n) is 4.83. The van der Waals surface area contributed by atoms with Crippen LogP contribution in [0.25, 0.3) is 0 Å². The lowest BCUT2D eigenvalue weighted by molar-refractivity contribution is -0.173. The molecule has 0 aromatic heterocycles.